The van der Waals surface area contributed by atoms with Crippen LogP contribution in [0.4, 0.5) is 11.4 Å². The van der Waals surface area contributed by atoms with Crippen LogP contribution in [-0.4, -0.2) is 11.8 Å². The summed E-state index contributed by atoms with van der Waals surface area (Å²) >= 11 is 0. The largest absolute Gasteiger partial charge is 0.457 e. The molecular weight excluding hydrogens is 504 g/mol. The highest BCUT2D eigenvalue weighted by atomic mass is 16.5. The van der Waals surface area contributed by atoms with Crippen molar-refractivity contribution in [2.75, 3.05) is 11.5 Å². The molecule has 40 heavy (non-hydrogen) atoms. The maximum Gasteiger partial charge on any atom is 0.250 e. The summed E-state index contributed by atoms with van der Waals surface area (Å²) in [5.41, 5.74) is 26.9. The topological polar surface area (TPSA) is 157 Å². The number of carbonyl (C=O) groups is 2. The monoisotopic (exact) mass is 530 g/mol. The number of amides is 2. The Balaban J connectivity index is 1.54. The van der Waals surface area contributed by atoms with Crippen LogP contribution in [0.2, 0.25) is 0 Å². The van der Waals surface area contributed by atoms with Gasteiger partial charge in [0, 0.05) is 16.9 Å². The molecule has 5 aromatic rings. The van der Waals surface area contributed by atoms with Gasteiger partial charge in [-0.3, -0.25) is 9.59 Å². The van der Waals surface area contributed by atoms with Crippen LogP contribution in [0.5, 0.6) is 23.0 Å². The van der Waals surface area contributed by atoms with Gasteiger partial charge in [-0.05, 0) is 95.6 Å². The summed E-state index contributed by atoms with van der Waals surface area (Å²) in [6.45, 7) is 0. The third-order valence-corrected chi connectivity index (χ3v) is 6.26. The predicted octanol–water partition coefficient (Wildman–Crippen LogP) is 5.97. The first kappa shape index (κ1) is 25.9. The van der Waals surface area contributed by atoms with Gasteiger partial charge in [0.05, 0.1) is 11.1 Å². The number of hydrogen-bond donors (Lipinski definition) is 4. The Labute approximate surface area is 230 Å². The van der Waals surface area contributed by atoms with E-state index in [9.17, 15) is 9.59 Å². The van der Waals surface area contributed by atoms with Crippen molar-refractivity contribution in [1.29, 1.82) is 0 Å². The van der Waals surface area contributed by atoms with Crippen molar-refractivity contribution < 1.29 is 19.1 Å². The quantitative estimate of drug-likeness (QED) is 0.181. The molecule has 8 N–H and O–H groups in total. The molecule has 0 aliphatic heterocycles. The van der Waals surface area contributed by atoms with Gasteiger partial charge in [-0.15, -0.1) is 0 Å². The molecule has 198 valence electrons. The normalized spacial score (nSPS) is 10.6. The molecule has 8 nitrogen and oxygen atoms in total. The molecule has 0 bridgehead atoms. The molecule has 0 unspecified atom stereocenters. The van der Waals surface area contributed by atoms with E-state index in [1.54, 1.807) is 78.9 Å². The number of primary amides is 2. The summed E-state index contributed by atoms with van der Waals surface area (Å²) in [6, 6.07) is 31.8. The van der Waals surface area contributed by atoms with Crippen LogP contribution < -0.4 is 32.4 Å². The first-order valence-electron chi connectivity index (χ1n) is 12.3. The fourth-order valence-corrected chi connectivity index (χ4v) is 4.34. The van der Waals surface area contributed by atoms with Crippen LogP contribution in [-0.2, 0) is 0 Å². The number of ether oxygens (including phenoxy) is 2. The van der Waals surface area contributed by atoms with Gasteiger partial charge in [0.2, 0.25) is 11.8 Å². The van der Waals surface area contributed by atoms with E-state index in [4.69, 9.17) is 32.4 Å². The minimum atomic E-state index is -0.767. The average Bonchev–Trinajstić information content (AvgIpc) is 2.95. The van der Waals surface area contributed by atoms with E-state index < -0.39 is 11.8 Å². The molecule has 0 saturated carbocycles. The van der Waals surface area contributed by atoms with Gasteiger partial charge < -0.3 is 32.4 Å². The summed E-state index contributed by atoms with van der Waals surface area (Å²) in [5, 5.41) is 0. The summed E-state index contributed by atoms with van der Waals surface area (Å²) in [6.07, 6.45) is 0. The lowest BCUT2D eigenvalue weighted by molar-refractivity contribution is 0.0968. The maximum atomic E-state index is 12.7. The Bertz CT molecular complexity index is 1680. The third-order valence-electron chi connectivity index (χ3n) is 6.26. The summed E-state index contributed by atoms with van der Waals surface area (Å²) in [7, 11) is 0. The number of benzene rings is 5. The zero-order valence-electron chi connectivity index (χ0n) is 21.3. The molecule has 0 aromatic heterocycles. The molecular formula is C32H26N4O4. The average molecular weight is 531 g/mol. The Hall–Kier alpha value is -5.76. The molecule has 0 spiro atoms. The number of hydrogen-bond acceptors (Lipinski definition) is 6. The number of rotatable bonds is 8. The second-order valence-electron chi connectivity index (χ2n) is 9.03. The van der Waals surface area contributed by atoms with Crippen LogP contribution >= 0.6 is 0 Å². The molecule has 2 amide bonds. The van der Waals surface area contributed by atoms with Crippen molar-refractivity contribution in [2.45, 2.75) is 0 Å². The van der Waals surface area contributed by atoms with Gasteiger partial charge in [-0.25, -0.2) is 0 Å². The molecule has 0 heterocycles. The molecule has 5 rings (SSSR count). The van der Waals surface area contributed by atoms with E-state index in [-0.39, 0.29) is 11.1 Å². The summed E-state index contributed by atoms with van der Waals surface area (Å²) in [4.78, 5) is 24.9. The fraction of sp³-hybridized carbons (Fsp3) is 0. The van der Waals surface area contributed by atoms with Gasteiger partial charge in [0.15, 0.2) is 0 Å². The molecule has 0 aliphatic carbocycles. The van der Waals surface area contributed by atoms with Crippen LogP contribution in [0.15, 0.2) is 109 Å². The number of anilines is 2. The molecule has 0 aliphatic rings. The molecule has 8 heteroatoms. The smallest absolute Gasteiger partial charge is 0.250 e. The van der Waals surface area contributed by atoms with Crippen molar-refractivity contribution in [3.05, 3.63) is 120 Å². The minimum absolute atomic E-state index is 0.0387. The van der Waals surface area contributed by atoms with Crippen molar-refractivity contribution in [2.24, 2.45) is 11.5 Å². The zero-order valence-corrected chi connectivity index (χ0v) is 21.3. The van der Waals surface area contributed by atoms with Gasteiger partial charge in [0.25, 0.3) is 0 Å². The fourth-order valence-electron chi connectivity index (χ4n) is 4.34. The van der Waals surface area contributed by atoms with Crippen LogP contribution in [0.1, 0.15) is 20.7 Å². The van der Waals surface area contributed by atoms with E-state index >= 15 is 0 Å². The molecule has 0 fully saturated rings. The second kappa shape index (κ2) is 10.9. The third kappa shape index (κ3) is 5.56. The van der Waals surface area contributed by atoms with Crippen molar-refractivity contribution in [3.63, 3.8) is 0 Å². The molecule has 0 atom stereocenters. The highest BCUT2D eigenvalue weighted by Gasteiger charge is 2.23. The first-order chi connectivity index (χ1) is 19.3. The van der Waals surface area contributed by atoms with Crippen molar-refractivity contribution in [3.8, 4) is 45.3 Å². The van der Waals surface area contributed by atoms with Gasteiger partial charge >= 0.3 is 0 Å². The SMILES string of the molecule is NC(=O)c1ccc(-c2ccc(Oc3ccc(N)cc3)cc2)c(-c2ccc(Oc3ccc(N)cc3)cc2)c1C(N)=O. The summed E-state index contributed by atoms with van der Waals surface area (Å²) in [5.74, 6) is 0.936. The number of nitrogen functional groups attached to an aromatic ring is 2. The lowest BCUT2D eigenvalue weighted by Gasteiger charge is -2.17. The number of nitrogens with two attached hydrogens (primary N) is 4. The van der Waals surface area contributed by atoms with E-state index in [0.29, 0.717) is 51.1 Å². The second-order valence-corrected chi connectivity index (χ2v) is 9.03. The number of carbonyl (C=O) groups excluding carboxylic acids is 2. The van der Waals surface area contributed by atoms with Gasteiger partial charge in [-0.1, -0.05) is 30.3 Å². The highest BCUT2D eigenvalue weighted by molar-refractivity contribution is 6.13. The standard InChI is InChI=1S/C32H26N4O4/c33-21-5-13-25(14-6-21)39-23-9-1-19(2-10-23)27-17-18-28(31(35)37)30(32(36)38)29(27)20-3-11-24(12-4-20)40-26-15-7-22(34)8-16-26/h1-18H,33-34H2,(H2,35,37)(H2,36,38). The lowest BCUT2D eigenvalue weighted by Crippen LogP contribution is -2.22. The zero-order chi connectivity index (χ0) is 28.2. The van der Waals surface area contributed by atoms with Crippen LogP contribution in [0, 0.1) is 0 Å². The van der Waals surface area contributed by atoms with Crippen LogP contribution in [0.25, 0.3) is 22.3 Å². The van der Waals surface area contributed by atoms with E-state index in [0.717, 1.165) is 5.56 Å². The van der Waals surface area contributed by atoms with E-state index in [1.807, 2.05) is 24.3 Å². The van der Waals surface area contributed by atoms with Crippen molar-refractivity contribution in [1.82, 2.24) is 0 Å². The summed E-state index contributed by atoms with van der Waals surface area (Å²) < 4.78 is 11.8. The highest BCUT2D eigenvalue weighted by Crippen LogP contribution is 2.38. The minimum Gasteiger partial charge on any atom is -0.457 e. The van der Waals surface area contributed by atoms with E-state index in [1.165, 1.54) is 6.07 Å². The van der Waals surface area contributed by atoms with Crippen LogP contribution in [0.3, 0.4) is 0 Å². The van der Waals surface area contributed by atoms with Gasteiger partial charge in [0.1, 0.15) is 23.0 Å². The first-order valence-corrected chi connectivity index (χ1v) is 12.3. The molecule has 0 radical (unpaired) electrons. The van der Waals surface area contributed by atoms with Gasteiger partial charge in [-0.2, -0.15) is 0 Å². The Morgan fingerprint density at radius 1 is 0.475 bits per heavy atom. The lowest BCUT2D eigenvalue weighted by atomic mass is 9.87. The molecule has 5 aromatic carbocycles. The Morgan fingerprint density at radius 2 is 0.875 bits per heavy atom. The van der Waals surface area contributed by atoms with E-state index in [2.05, 4.69) is 0 Å². The van der Waals surface area contributed by atoms with Crippen molar-refractivity contribution >= 4 is 23.2 Å². The molecule has 0 saturated heterocycles. The maximum absolute atomic E-state index is 12.7. The Kier molecular flexibility index (Phi) is 7.07. The predicted molar refractivity (Wildman–Crippen MR) is 156 cm³/mol. The Morgan fingerprint density at radius 3 is 1.27 bits per heavy atom.